The first-order valence-corrected chi connectivity index (χ1v) is 8.06. The Morgan fingerprint density at radius 3 is 2.40 bits per heavy atom. The van der Waals surface area contributed by atoms with Gasteiger partial charge in [0.1, 0.15) is 11.8 Å². The molecule has 0 spiro atoms. The molecule has 0 saturated carbocycles. The van der Waals surface area contributed by atoms with Gasteiger partial charge in [0.05, 0.1) is 7.11 Å². The maximum atomic E-state index is 12.6. The van der Waals surface area contributed by atoms with Gasteiger partial charge in [0.25, 0.3) is 0 Å². The lowest BCUT2D eigenvalue weighted by atomic mass is 10.1. The Morgan fingerprint density at radius 1 is 1.08 bits per heavy atom. The maximum Gasteiger partial charge on any atom is 0.247 e. The van der Waals surface area contributed by atoms with Crippen molar-refractivity contribution in [2.45, 2.75) is 19.9 Å². The minimum Gasteiger partial charge on any atom is -0.497 e. The summed E-state index contributed by atoms with van der Waals surface area (Å²) in [7, 11) is 1.60. The number of hydrogen-bond donors (Lipinski definition) is 1. The van der Waals surface area contributed by atoms with Gasteiger partial charge in [0.15, 0.2) is 5.78 Å². The highest BCUT2D eigenvalue weighted by molar-refractivity contribution is 6.07. The standard InChI is InChI=1S/C20H20N2O3/c1-13(20(24)21-15-8-10-16(25-3)11-9-15)22-12-18(14(2)23)17-6-4-5-7-19(17)22/h4-13H,1-3H3,(H,21,24)/t13-/m0/s1. The summed E-state index contributed by atoms with van der Waals surface area (Å²) >= 11 is 0. The van der Waals surface area contributed by atoms with E-state index in [2.05, 4.69) is 5.32 Å². The molecule has 3 aromatic rings. The second-order valence-corrected chi connectivity index (χ2v) is 5.92. The molecule has 1 N–H and O–H groups in total. The summed E-state index contributed by atoms with van der Waals surface area (Å²) in [6.45, 7) is 3.35. The Bertz CT molecular complexity index is 926. The molecule has 2 aromatic carbocycles. The van der Waals surface area contributed by atoms with Gasteiger partial charge in [-0.05, 0) is 44.2 Å². The van der Waals surface area contributed by atoms with E-state index in [4.69, 9.17) is 4.74 Å². The van der Waals surface area contributed by atoms with E-state index in [-0.39, 0.29) is 11.7 Å². The first-order chi connectivity index (χ1) is 12.0. The van der Waals surface area contributed by atoms with Crippen molar-refractivity contribution in [1.82, 2.24) is 4.57 Å². The molecular weight excluding hydrogens is 316 g/mol. The molecule has 128 valence electrons. The molecule has 1 heterocycles. The Labute approximate surface area is 146 Å². The number of carbonyl (C=O) groups excluding carboxylic acids is 2. The lowest BCUT2D eigenvalue weighted by Gasteiger charge is -2.15. The molecule has 0 aliphatic heterocycles. The van der Waals surface area contributed by atoms with Crippen molar-refractivity contribution in [3.05, 3.63) is 60.3 Å². The van der Waals surface area contributed by atoms with Crippen LogP contribution < -0.4 is 10.1 Å². The van der Waals surface area contributed by atoms with Gasteiger partial charge in [-0.1, -0.05) is 18.2 Å². The van der Waals surface area contributed by atoms with Gasteiger partial charge in [0.2, 0.25) is 5.91 Å². The summed E-state index contributed by atoms with van der Waals surface area (Å²) in [6, 6.07) is 14.3. The van der Waals surface area contributed by atoms with E-state index in [1.54, 1.807) is 37.6 Å². The zero-order valence-corrected chi connectivity index (χ0v) is 14.4. The van der Waals surface area contributed by atoms with Gasteiger partial charge < -0.3 is 14.6 Å². The van der Waals surface area contributed by atoms with Crippen LogP contribution in [0.1, 0.15) is 30.2 Å². The molecule has 1 atom stereocenters. The third-order valence-electron chi connectivity index (χ3n) is 4.27. The van der Waals surface area contributed by atoms with Crippen molar-refractivity contribution < 1.29 is 14.3 Å². The van der Waals surface area contributed by atoms with Crippen LogP contribution in [0.15, 0.2) is 54.7 Å². The molecule has 5 heteroatoms. The quantitative estimate of drug-likeness (QED) is 0.715. The Kier molecular flexibility index (Phi) is 4.57. The fourth-order valence-electron chi connectivity index (χ4n) is 2.85. The van der Waals surface area contributed by atoms with Crippen LogP contribution >= 0.6 is 0 Å². The van der Waals surface area contributed by atoms with E-state index in [1.807, 2.05) is 35.8 Å². The van der Waals surface area contributed by atoms with Gasteiger partial charge in [-0.15, -0.1) is 0 Å². The van der Waals surface area contributed by atoms with E-state index in [0.717, 1.165) is 16.7 Å². The van der Waals surface area contributed by atoms with Crippen LogP contribution in [-0.2, 0) is 4.79 Å². The number of ketones is 1. The molecule has 0 radical (unpaired) electrons. The van der Waals surface area contributed by atoms with E-state index < -0.39 is 6.04 Å². The Hall–Kier alpha value is -3.08. The van der Waals surface area contributed by atoms with Crippen molar-refractivity contribution in [3.63, 3.8) is 0 Å². The van der Waals surface area contributed by atoms with Crippen LogP contribution in [0.3, 0.4) is 0 Å². The summed E-state index contributed by atoms with van der Waals surface area (Å²) in [6.07, 6.45) is 1.76. The molecule has 3 rings (SSSR count). The lowest BCUT2D eigenvalue weighted by Crippen LogP contribution is -2.23. The number of carbonyl (C=O) groups is 2. The zero-order chi connectivity index (χ0) is 18.0. The molecule has 0 saturated heterocycles. The number of fused-ring (bicyclic) bond motifs is 1. The number of anilines is 1. The predicted molar refractivity (Wildman–Crippen MR) is 98.3 cm³/mol. The molecule has 5 nitrogen and oxygen atoms in total. The summed E-state index contributed by atoms with van der Waals surface area (Å²) in [5.74, 6) is 0.562. The van der Waals surface area contributed by atoms with Crippen LogP contribution in [0.25, 0.3) is 10.9 Å². The average Bonchev–Trinajstić information content (AvgIpc) is 3.01. The van der Waals surface area contributed by atoms with Gasteiger partial charge >= 0.3 is 0 Å². The molecule has 0 aliphatic carbocycles. The minimum absolute atomic E-state index is 0.0160. The van der Waals surface area contributed by atoms with Crippen LogP contribution in [-0.4, -0.2) is 23.4 Å². The SMILES string of the molecule is COc1ccc(NC(=O)[C@H](C)n2cc(C(C)=O)c3ccccc32)cc1. The number of nitrogens with zero attached hydrogens (tertiary/aromatic N) is 1. The van der Waals surface area contributed by atoms with Crippen LogP contribution in [0.4, 0.5) is 5.69 Å². The van der Waals surface area contributed by atoms with Crippen molar-refractivity contribution in [2.24, 2.45) is 0 Å². The third kappa shape index (κ3) is 3.26. The first kappa shape index (κ1) is 16.8. The van der Waals surface area contributed by atoms with E-state index in [0.29, 0.717) is 11.3 Å². The fourth-order valence-corrected chi connectivity index (χ4v) is 2.85. The number of aromatic nitrogens is 1. The van der Waals surface area contributed by atoms with Crippen molar-refractivity contribution in [2.75, 3.05) is 12.4 Å². The van der Waals surface area contributed by atoms with Crippen LogP contribution in [0.5, 0.6) is 5.75 Å². The Morgan fingerprint density at radius 2 is 1.76 bits per heavy atom. The predicted octanol–water partition coefficient (Wildman–Crippen LogP) is 4.05. The van der Waals surface area contributed by atoms with E-state index in [1.165, 1.54) is 6.92 Å². The van der Waals surface area contributed by atoms with Gasteiger partial charge in [-0.25, -0.2) is 0 Å². The number of ether oxygens (including phenoxy) is 1. The topological polar surface area (TPSA) is 60.3 Å². The van der Waals surface area contributed by atoms with Gasteiger partial charge in [-0.2, -0.15) is 0 Å². The van der Waals surface area contributed by atoms with E-state index >= 15 is 0 Å². The highest BCUT2D eigenvalue weighted by atomic mass is 16.5. The Balaban J connectivity index is 1.89. The van der Waals surface area contributed by atoms with Crippen molar-refractivity contribution in [3.8, 4) is 5.75 Å². The smallest absolute Gasteiger partial charge is 0.247 e. The van der Waals surface area contributed by atoms with E-state index in [9.17, 15) is 9.59 Å². The maximum absolute atomic E-state index is 12.6. The zero-order valence-electron chi connectivity index (χ0n) is 14.4. The third-order valence-corrected chi connectivity index (χ3v) is 4.27. The molecule has 0 unspecified atom stereocenters. The second kappa shape index (κ2) is 6.81. The lowest BCUT2D eigenvalue weighted by molar-refractivity contribution is -0.118. The molecular formula is C20H20N2O3. The van der Waals surface area contributed by atoms with Gasteiger partial charge in [0, 0.05) is 28.4 Å². The number of hydrogen-bond acceptors (Lipinski definition) is 3. The second-order valence-electron chi connectivity index (χ2n) is 5.92. The summed E-state index contributed by atoms with van der Waals surface area (Å²) in [5, 5.41) is 3.75. The highest BCUT2D eigenvalue weighted by Crippen LogP contribution is 2.26. The van der Waals surface area contributed by atoms with Crippen molar-refractivity contribution in [1.29, 1.82) is 0 Å². The molecule has 25 heavy (non-hydrogen) atoms. The molecule has 1 aromatic heterocycles. The fraction of sp³-hybridized carbons (Fsp3) is 0.200. The summed E-state index contributed by atoms with van der Waals surface area (Å²) < 4.78 is 6.95. The number of para-hydroxylation sites is 1. The highest BCUT2D eigenvalue weighted by Gasteiger charge is 2.20. The number of methoxy groups -OCH3 is 1. The number of nitrogens with one attached hydrogen (secondary N) is 1. The molecule has 0 bridgehead atoms. The van der Waals surface area contributed by atoms with Crippen LogP contribution in [0.2, 0.25) is 0 Å². The average molecular weight is 336 g/mol. The number of rotatable bonds is 5. The molecule has 1 amide bonds. The number of benzene rings is 2. The monoisotopic (exact) mass is 336 g/mol. The largest absolute Gasteiger partial charge is 0.497 e. The normalized spacial score (nSPS) is 12.0. The van der Waals surface area contributed by atoms with Crippen molar-refractivity contribution >= 4 is 28.3 Å². The minimum atomic E-state index is -0.458. The molecule has 0 fully saturated rings. The van der Waals surface area contributed by atoms with Gasteiger partial charge in [-0.3, -0.25) is 9.59 Å². The number of amides is 1. The van der Waals surface area contributed by atoms with Crippen LogP contribution in [0, 0.1) is 0 Å². The first-order valence-electron chi connectivity index (χ1n) is 8.06. The summed E-state index contributed by atoms with van der Waals surface area (Å²) in [4.78, 5) is 24.5. The number of Topliss-reactive ketones (excluding diaryl/α,β-unsaturated/α-hetero) is 1. The molecule has 0 aliphatic rings. The summed E-state index contributed by atoms with van der Waals surface area (Å²) in [5.41, 5.74) is 2.19.